The van der Waals surface area contributed by atoms with E-state index in [-0.39, 0.29) is 25.0 Å². The zero-order valence-corrected chi connectivity index (χ0v) is 16.3. The molecule has 8 heteroatoms. The number of amides is 2. The lowest BCUT2D eigenvalue weighted by atomic mass is 10.1. The van der Waals surface area contributed by atoms with Crippen LogP contribution in [0.3, 0.4) is 0 Å². The number of rotatable bonds is 8. The first-order valence-corrected chi connectivity index (χ1v) is 9.06. The summed E-state index contributed by atoms with van der Waals surface area (Å²) in [6, 6.07) is 6.91. The fourth-order valence-corrected chi connectivity index (χ4v) is 2.70. The Morgan fingerprint density at radius 1 is 1.11 bits per heavy atom. The lowest BCUT2D eigenvalue weighted by Gasteiger charge is -2.34. The number of piperazine rings is 1. The van der Waals surface area contributed by atoms with Gasteiger partial charge in [0.2, 0.25) is 0 Å². The molecule has 1 aromatic rings. The molecule has 0 N–H and O–H groups in total. The predicted molar refractivity (Wildman–Crippen MR) is 102 cm³/mol. The largest absolute Gasteiger partial charge is 0.497 e. The van der Waals surface area contributed by atoms with Crippen LogP contribution in [0.25, 0.3) is 0 Å². The van der Waals surface area contributed by atoms with E-state index in [0.717, 1.165) is 0 Å². The first kappa shape index (κ1) is 21.4. The Morgan fingerprint density at radius 2 is 1.71 bits per heavy atom. The van der Waals surface area contributed by atoms with Crippen molar-refractivity contribution >= 4 is 17.8 Å². The number of hydrogen-bond acceptors (Lipinski definition) is 6. The lowest BCUT2D eigenvalue weighted by Crippen LogP contribution is -2.51. The summed E-state index contributed by atoms with van der Waals surface area (Å²) in [4.78, 5) is 39.8. The van der Waals surface area contributed by atoms with Crippen molar-refractivity contribution in [3.05, 3.63) is 42.5 Å². The smallest absolute Gasteiger partial charge is 0.335 e. The van der Waals surface area contributed by atoms with Crippen LogP contribution in [0.1, 0.15) is 17.3 Å². The Labute approximate surface area is 164 Å². The summed E-state index contributed by atoms with van der Waals surface area (Å²) in [5, 5.41) is 0. The Hall–Kier alpha value is -2.87. The monoisotopic (exact) mass is 390 g/mol. The highest BCUT2D eigenvalue weighted by Gasteiger charge is 2.26. The van der Waals surface area contributed by atoms with Crippen molar-refractivity contribution in [2.24, 2.45) is 0 Å². The van der Waals surface area contributed by atoms with Crippen LogP contribution in [-0.4, -0.2) is 80.2 Å². The number of methoxy groups -OCH3 is 1. The van der Waals surface area contributed by atoms with Crippen LogP contribution < -0.4 is 4.74 Å². The van der Waals surface area contributed by atoms with E-state index in [1.165, 1.54) is 6.08 Å². The van der Waals surface area contributed by atoms with E-state index in [9.17, 15) is 14.4 Å². The Balaban J connectivity index is 1.77. The number of ether oxygens (including phenoxy) is 3. The molecule has 1 aliphatic heterocycles. The number of nitrogens with zero attached hydrogens (tertiary/aromatic N) is 2. The summed E-state index contributed by atoms with van der Waals surface area (Å²) < 4.78 is 15.2. The van der Waals surface area contributed by atoms with Gasteiger partial charge in [0.25, 0.3) is 11.8 Å². The minimum absolute atomic E-state index is 0.0885. The molecule has 1 fully saturated rings. The Kier molecular flexibility index (Phi) is 8.01. The highest BCUT2D eigenvalue weighted by Crippen LogP contribution is 2.14. The Bertz CT molecular complexity index is 695. The summed E-state index contributed by atoms with van der Waals surface area (Å²) in [6.07, 6.45) is 0.770. The second kappa shape index (κ2) is 10.5. The average molecular weight is 390 g/mol. The van der Waals surface area contributed by atoms with E-state index < -0.39 is 12.1 Å². The van der Waals surface area contributed by atoms with Gasteiger partial charge in [0.15, 0.2) is 12.7 Å². The summed E-state index contributed by atoms with van der Waals surface area (Å²) in [6.45, 7) is 6.57. The van der Waals surface area contributed by atoms with Crippen molar-refractivity contribution in [1.29, 1.82) is 0 Å². The van der Waals surface area contributed by atoms with Crippen molar-refractivity contribution in [3.8, 4) is 5.75 Å². The third kappa shape index (κ3) is 5.82. The summed E-state index contributed by atoms with van der Waals surface area (Å²) >= 11 is 0. The standard InChI is InChI=1S/C20H26N2O6/c1-4-13-27-15(2)20(25)28-14-18(23)21-9-11-22(12-10-21)19(24)16-5-7-17(26-3)8-6-16/h4-8,15H,1,9-14H2,2-3H3. The SMILES string of the molecule is C=CCOC(C)C(=O)OCC(=O)N1CCN(C(=O)c2ccc(OC)cc2)CC1. The molecule has 1 aromatic carbocycles. The van der Waals surface area contributed by atoms with Crippen LogP contribution in [0, 0.1) is 0 Å². The van der Waals surface area contributed by atoms with Gasteiger partial charge in [0, 0.05) is 31.7 Å². The van der Waals surface area contributed by atoms with Gasteiger partial charge in [-0.25, -0.2) is 4.79 Å². The first-order chi connectivity index (χ1) is 13.5. The van der Waals surface area contributed by atoms with Crippen molar-refractivity contribution in [3.63, 3.8) is 0 Å². The molecule has 152 valence electrons. The fourth-order valence-electron chi connectivity index (χ4n) is 2.70. The van der Waals surface area contributed by atoms with Crippen molar-refractivity contribution < 1.29 is 28.6 Å². The second-order valence-corrected chi connectivity index (χ2v) is 6.27. The highest BCUT2D eigenvalue weighted by molar-refractivity contribution is 5.94. The van der Waals surface area contributed by atoms with Crippen LogP contribution in [0.15, 0.2) is 36.9 Å². The van der Waals surface area contributed by atoms with Gasteiger partial charge in [0.05, 0.1) is 13.7 Å². The number of hydrogen-bond donors (Lipinski definition) is 0. The molecule has 0 saturated carbocycles. The van der Waals surface area contributed by atoms with Gasteiger partial charge in [-0.05, 0) is 31.2 Å². The van der Waals surface area contributed by atoms with E-state index in [2.05, 4.69) is 6.58 Å². The van der Waals surface area contributed by atoms with E-state index >= 15 is 0 Å². The van der Waals surface area contributed by atoms with Gasteiger partial charge < -0.3 is 24.0 Å². The predicted octanol–water partition coefficient (Wildman–Crippen LogP) is 1.11. The molecule has 0 bridgehead atoms. The lowest BCUT2D eigenvalue weighted by molar-refractivity contribution is -0.161. The van der Waals surface area contributed by atoms with E-state index in [1.807, 2.05) is 0 Å². The first-order valence-electron chi connectivity index (χ1n) is 9.06. The van der Waals surface area contributed by atoms with Gasteiger partial charge in [0.1, 0.15) is 5.75 Å². The van der Waals surface area contributed by atoms with Gasteiger partial charge in [-0.15, -0.1) is 6.58 Å². The van der Waals surface area contributed by atoms with Gasteiger partial charge in [-0.2, -0.15) is 0 Å². The second-order valence-electron chi connectivity index (χ2n) is 6.27. The summed E-state index contributed by atoms with van der Waals surface area (Å²) in [5.41, 5.74) is 0.572. The summed E-state index contributed by atoms with van der Waals surface area (Å²) in [7, 11) is 1.57. The molecule has 0 aliphatic carbocycles. The molecule has 1 unspecified atom stereocenters. The van der Waals surface area contributed by atoms with Gasteiger partial charge >= 0.3 is 5.97 Å². The average Bonchev–Trinajstić information content (AvgIpc) is 2.75. The zero-order chi connectivity index (χ0) is 20.5. The molecule has 0 radical (unpaired) electrons. The van der Waals surface area contributed by atoms with Gasteiger partial charge in [-0.1, -0.05) is 6.08 Å². The number of carbonyl (C=O) groups is 3. The van der Waals surface area contributed by atoms with Crippen LogP contribution in [0.5, 0.6) is 5.75 Å². The molecule has 1 heterocycles. The molecular weight excluding hydrogens is 364 g/mol. The molecule has 1 atom stereocenters. The van der Waals surface area contributed by atoms with Crippen molar-refractivity contribution in [2.45, 2.75) is 13.0 Å². The zero-order valence-electron chi connectivity index (χ0n) is 16.3. The normalized spacial score (nSPS) is 14.9. The summed E-state index contributed by atoms with van der Waals surface area (Å²) in [5.74, 6) is -0.288. The van der Waals surface area contributed by atoms with Crippen LogP contribution in [-0.2, 0) is 19.1 Å². The fraction of sp³-hybridized carbons (Fsp3) is 0.450. The molecule has 2 rings (SSSR count). The molecule has 1 aliphatic rings. The maximum absolute atomic E-state index is 12.5. The molecule has 8 nitrogen and oxygen atoms in total. The van der Waals surface area contributed by atoms with E-state index in [0.29, 0.717) is 37.5 Å². The number of esters is 1. The third-order valence-corrected chi connectivity index (χ3v) is 4.39. The van der Waals surface area contributed by atoms with E-state index in [1.54, 1.807) is 48.1 Å². The van der Waals surface area contributed by atoms with Crippen molar-refractivity contribution in [1.82, 2.24) is 9.80 Å². The maximum atomic E-state index is 12.5. The third-order valence-electron chi connectivity index (χ3n) is 4.39. The molecule has 1 saturated heterocycles. The minimum Gasteiger partial charge on any atom is -0.497 e. The molecule has 28 heavy (non-hydrogen) atoms. The molecule has 2 amide bonds. The minimum atomic E-state index is -0.759. The van der Waals surface area contributed by atoms with Crippen LogP contribution in [0.2, 0.25) is 0 Å². The maximum Gasteiger partial charge on any atom is 0.335 e. The molecule has 0 aromatic heterocycles. The van der Waals surface area contributed by atoms with E-state index in [4.69, 9.17) is 14.2 Å². The highest BCUT2D eigenvalue weighted by atomic mass is 16.6. The Morgan fingerprint density at radius 3 is 2.29 bits per heavy atom. The van der Waals surface area contributed by atoms with Crippen LogP contribution in [0.4, 0.5) is 0 Å². The van der Waals surface area contributed by atoms with Gasteiger partial charge in [-0.3, -0.25) is 9.59 Å². The van der Waals surface area contributed by atoms with Crippen LogP contribution >= 0.6 is 0 Å². The number of carbonyl (C=O) groups excluding carboxylic acids is 3. The quantitative estimate of drug-likeness (QED) is 0.488. The topological polar surface area (TPSA) is 85.4 Å². The molecule has 0 spiro atoms. The number of benzene rings is 1. The molecular formula is C20H26N2O6. The van der Waals surface area contributed by atoms with Crippen molar-refractivity contribution in [2.75, 3.05) is 46.5 Å².